The molecule has 0 amide bonds. The number of carbonyl (C=O) groups is 1. The third kappa shape index (κ3) is 4.48. The van der Waals surface area contributed by atoms with Crippen LogP contribution in [0, 0.1) is 11.3 Å². The first-order valence-corrected chi connectivity index (χ1v) is 10.9. The van der Waals surface area contributed by atoms with Crippen LogP contribution in [0.25, 0.3) is 0 Å². The highest BCUT2D eigenvalue weighted by atomic mass is 16.7. The molecule has 3 rings (SSSR count). The first-order chi connectivity index (χ1) is 14.0. The Labute approximate surface area is 180 Å². The molecule has 1 spiro atoms. The average molecular weight is 417 g/mol. The van der Waals surface area contributed by atoms with Crippen LogP contribution in [-0.2, 0) is 19.0 Å². The molecule has 2 heterocycles. The molecule has 0 aromatic heterocycles. The maximum atomic E-state index is 12.0. The number of esters is 1. The molecule has 1 N–H and O–H groups in total. The summed E-state index contributed by atoms with van der Waals surface area (Å²) in [6, 6.07) is 0. The zero-order chi connectivity index (χ0) is 22.2. The largest absolute Gasteiger partial charge is 0.432 e. The number of ether oxygens (including phenoxy) is 3. The summed E-state index contributed by atoms with van der Waals surface area (Å²) < 4.78 is 17.8. The lowest BCUT2D eigenvalue weighted by Gasteiger charge is -2.49. The molecule has 2 aliphatic heterocycles. The van der Waals surface area contributed by atoms with Crippen molar-refractivity contribution < 1.29 is 24.1 Å². The Kier molecular flexibility index (Phi) is 6.47. The van der Waals surface area contributed by atoms with Crippen LogP contribution in [0.5, 0.6) is 0 Å². The van der Waals surface area contributed by atoms with Crippen LogP contribution in [0.4, 0.5) is 0 Å². The molecule has 3 aliphatic rings. The van der Waals surface area contributed by atoms with E-state index in [9.17, 15) is 9.90 Å². The van der Waals surface area contributed by atoms with Gasteiger partial charge >= 0.3 is 5.97 Å². The lowest BCUT2D eigenvalue weighted by molar-refractivity contribution is -0.221. The van der Waals surface area contributed by atoms with E-state index in [1.165, 1.54) is 17.9 Å². The van der Waals surface area contributed by atoms with Crippen LogP contribution in [0.15, 0.2) is 47.3 Å². The summed E-state index contributed by atoms with van der Waals surface area (Å²) in [6.07, 6.45) is 12.4. The molecule has 0 radical (unpaired) electrons. The monoisotopic (exact) mass is 416 g/mol. The Morgan fingerprint density at radius 2 is 2.00 bits per heavy atom. The predicted molar refractivity (Wildman–Crippen MR) is 116 cm³/mol. The fourth-order valence-electron chi connectivity index (χ4n) is 5.19. The van der Waals surface area contributed by atoms with E-state index in [0.29, 0.717) is 13.0 Å². The van der Waals surface area contributed by atoms with Gasteiger partial charge in [-0.2, -0.15) is 0 Å². The Hall–Kier alpha value is -1.69. The van der Waals surface area contributed by atoms with E-state index < -0.39 is 11.4 Å². The van der Waals surface area contributed by atoms with Crippen LogP contribution in [0.2, 0.25) is 0 Å². The fourth-order valence-corrected chi connectivity index (χ4v) is 5.19. The van der Waals surface area contributed by atoms with E-state index in [1.54, 1.807) is 6.92 Å². The summed E-state index contributed by atoms with van der Waals surface area (Å²) in [4.78, 5) is 12.0. The number of rotatable bonds is 6. The summed E-state index contributed by atoms with van der Waals surface area (Å²) in [5.41, 5.74) is 2.44. The second kappa shape index (κ2) is 8.45. The Balaban J connectivity index is 1.95. The van der Waals surface area contributed by atoms with Gasteiger partial charge in [-0.05, 0) is 70.9 Å². The number of hydrogen-bond donors (Lipinski definition) is 1. The van der Waals surface area contributed by atoms with Crippen LogP contribution < -0.4 is 0 Å². The van der Waals surface area contributed by atoms with Crippen molar-refractivity contribution in [2.24, 2.45) is 11.3 Å². The van der Waals surface area contributed by atoms with E-state index in [-0.39, 0.29) is 23.4 Å². The van der Waals surface area contributed by atoms with Crippen LogP contribution in [0.3, 0.4) is 0 Å². The molecule has 5 heteroatoms. The standard InChI is InChI=1S/C25H36O5/c1-17(2)8-7-11-23(5)12-9-19-16-29-21-15-24(6,27)30-25(19,21)20(23)10-13-28-22(26)14-18(3)4/h8-10,13-14,20-21,27H,7,11-12,15-16H2,1-6H3/b13-10+/t20-,21+,23+,24?,25-/m1/s1. The van der Waals surface area contributed by atoms with Crippen molar-refractivity contribution in [3.8, 4) is 0 Å². The molecule has 0 saturated carbocycles. The highest BCUT2D eigenvalue weighted by Crippen LogP contribution is 2.60. The van der Waals surface area contributed by atoms with Gasteiger partial charge in [0.1, 0.15) is 5.60 Å². The van der Waals surface area contributed by atoms with Crippen LogP contribution in [-0.4, -0.2) is 35.2 Å². The average Bonchev–Trinajstić information content (AvgIpc) is 3.06. The zero-order valence-corrected chi connectivity index (χ0v) is 19.2. The van der Waals surface area contributed by atoms with Crippen molar-refractivity contribution in [2.75, 3.05) is 6.61 Å². The van der Waals surface area contributed by atoms with E-state index in [4.69, 9.17) is 14.2 Å². The first kappa shape index (κ1) is 23.0. The van der Waals surface area contributed by atoms with Gasteiger partial charge in [-0.3, -0.25) is 0 Å². The van der Waals surface area contributed by atoms with Gasteiger partial charge < -0.3 is 19.3 Å². The van der Waals surface area contributed by atoms with E-state index in [0.717, 1.165) is 30.4 Å². The quantitative estimate of drug-likeness (QED) is 0.286. The second-order valence-electron chi connectivity index (χ2n) is 9.95. The summed E-state index contributed by atoms with van der Waals surface area (Å²) in [5, 5.41) is 10.7. The third-order valence-corrected chi connectivity index (χ3v) is 6.53. The molecule has 166 valence electrons. The van der Waals surface area contributed by atoms with E-state index in [2.05, 4.69) is 32.9 Å². The van der Waals surface area contributed by atoms with Crippen molar-refractivity contribution in [1.82, 2.24) is 0 Å². The fraction of sp³-hybridized carbons (Fsp3) is 0.640. The summed E-state index contributed by atoms with van der Waals surface area (Å²) in [5.74, 6) is -1.72. The molecule has 0 bridgehead atoms. The molecule has 1 aliphatic carbocycles. The van der Waals surface area contributed by atoms with Gasteiger partial charge in [-0.25, -0.2) is 4.79 Å². The van der Waals surface area contributed by atoms with E-state index >= 15 is 0 Å². The number of allylic oxidation sites excluding steroid dienone is 4. The highest BCUT2D eigenvalue weighted by molar-refractivity contribution is 5.83. The van der Waals surface area contributed by atoms with Crippen LogP contribution in [0.1, 0.15) is 67.2 Å². The minimum atomic E-state index is -1.24. The summed E-state index contributed by atoms with van der Waals surface area (Å²) in [6.45, 7) is 12.4. The van der Waals surface area contributed by atoms with Crippen molar-refractivity contribution in [1.29, 1.82) is 0 Å². The third-order valence-electron chi connectivity index (χ3n) is 6.53. The summed E-state index contributed by atoms with van der Waals surface area (Å²) in [7, 11) is 0. The molecule has 2 saturated heterocycles. The first-order valence-electron chi connectivity index (χ1n) is 10.9. The van der Waals surface area contributed by atoms with Crippen LogP contribution >= 0.6 is 0 Å². The molecule has 0 aromatic carbocycles. The van der Waals surface area contributed by atoms with Gasteiger partial charge in [0.15, 0.2) is 5.79 Å². The Morgan fingerprint density at radius 3 is 2.67 bits per heavy atom. The molecule has 5 atom stereocenters. The molecule has 1 unspecified atom stereocenters. The molecular weight excluding hydrogens is 380 g/mol. The number of aliphatic hydroxyl groups is 1. The van der Waals surface area contributed by atoms with Gasteiger partial charge in [-0.1, -0.05) is 30.2 Å². The number of hydrogen-bond acceptors (Lipinski definition) is 5. The molecular formula is C25H36O5. The normalized spacial score (nSPS) is 37.4. The SMILES string of the molecule is CC(C)=CCC[C@@]1(C)CC=C2CO[C@H]3CC(C)(O)O[C@@]23[C@@H]1/C=C/OC(=O)C=C(C)C. The Morgan fingerprint density at radius 1 is 1.27 bits per heavy atom. The highest BCUT2D eigenvalue weighted by Gasteiger charge is 2.66. The molecule has 2 fully saturated rings. The van der Waals surface area contributed by atoms with Gasteiger partial charge in [0.05, 0.1) is 19.0 Å². The maximum Gasteiger partial charge on any atom is 0.335 e. The zero-order valence-electron chi connectivity index (χ0n) is 19.2. The Bertz CT molecular complexity index is 794. The van der Waals surface area contributed by atoms with E-state index in [1.807, 2.05) is 19.9 Å². The second-order valence-corrected chi connectivity index (χ2v) is 9.95. The molecule has 5 nitrogen and oxygen atoms in total. The van der Waals surface area contributed by atoms with Crippen molar-refractivity contribution >= 4 is 5.97 Å². The van der Waals surface area contributed by atoms with Gasteiger partial charge in [-0.15, -0.1) is 0 Å². The predicted octanol–water partition coefficient (Wildman–Crippen LogP) is 4.97. The number of carbonyl (C=O) groups excluding carboxylic acids is 1. The summed E-state index contributed by atoms with van der Waals surface area (Å²) >= 11 is 0. The minimum Gasteiger partial charge on any atom is -0.432 e. The smallest absolute Gasteiger partial charge is 0.335 e. The van der Waals surface area contributed by atoms with Gasteiger partial charge in [0.25, 0.3) is 0 Å². The van der Waals surface area contributed by atoms with Gasteiger partial charge in [0, 0.05) is 18.4 Å². The molecule has 30 heavy (non-hydrogen) atoms. The van der Waals surface area contributed by atoms with Crippen molar-refractivity contribution in [3.63, 3.8) is 0 Å². The maximum absolute atomic E-state index is 12.0. The minimum absolute atomic E-state index is 0.0865. The van der Waals surface area contributed by atoms with Gasteiger partial charge in [0.2, 0.25) is 0 Å². The lowest BCUT2D eigenvalue weighted by Crippen LogP contribution is -2.53. The van der Waals surface area contributed by atoms with Crippen molar-refractivity contribution in [2.45, 2.75) is 84.7 Å². The topological polar surface area (TPSA) is 65.0 Å². The molecule has 0 aromatic rings. The van der Waals surface area contributed by atoms with Crippen molar-refractivity contribution in [3.05, 3.63) is 47.3 Å². The lowest BCUT2D eigenvalue weighted by atomic mass is 9.58.